The molecule has 9 heteroatoms. The number of carbonyl (C=O) groups excluding carboxylic acids is 1. The van der Waals surface area contributed by atoms with Gasteiger partial charge >= 0.3 is 5.69 Å². The molecule has 0 radical (unpaired) electrons. The molecule has 1 saturated carbocycles. The van der Waals surface area contributed by atoms with Crippen LogP contribution in [0.25, 0.3) is 10.9 Å². The molecule has 1 N–H and O–H groups in total. The van der Waals surface area contributed by atoms with Crippen LogP contribution < -0.4 is 16.0 Å². The summed E-state index contributed by atoms with van der Waals surface area (Å²) >= 11 is 1.52. The van der Waals surface area contributed by atoms with E-state index < -0.39 is 0 Å². The fourth-order valence-electron chi connectivity index (χ4n) is 4.02. The highest BCUT2D eigenvalue weighted by Crippen LogP contribution is 2.37. The summed E-state index contributed by atoms with van der Waals surface area (Å²) in [6.07, 6.45) is 2.28. The third kappa shape index (κ3) is 3.87. The number of amides is 1. The zero-order valence-electron chi connectivity index (χ0n) is 18.2. The Morgan fingerprint density at radius 2 is 2.03 bits per heavy atom. The van der Waals surface area contributed by atoms with Gasteiger partial charge in [0.05, 0.1) is 30.2 Å². The number of rotatable bonds is 6. The maximum atomic E-state index is 13.4. The van der Waals surface area contributed by atoms with Crippen molar-refractivity contribution in [2.75, 3.05) is 26.3 Å². The van der Waals surface area contributed by atoms with Gasteiger partial charge in [-0.25, -0.2) is 4.79 Å². The first-order valence-electron chi connectivity index (χ1n) is 10.9. The van der Waals surface area contributed by atoms with E-state index in [4.69, 9.17) is 4.74 Å². The minimum atomic E-state index is -0.342. The van der Waals surface area contributed by atoms with E-state index in [0.29, 0.717) is 43.8 Å². The first kappa shape index (κ1) is 21.3. The molecular formula is C23H26N4O4S. The minimum Gasteiger partial charge on any atom is -0.381 e. The summed E-state index contributed by atoms with van der Waals surface area (Å²) < 4.78 is 11.8. The number of hydrogen-bond acceptors (Lipinski definition) is 6. The number of likely N-dealkylation sites (tertiary alicyclic amines) is 1. The van der Waals surface area contributed by atoms with E-state index in [1.807, 2.05) is 18.2 Å². The highest BCUT2D eigenvalue weighted by molar-refractivity contribution is 7.97. The van der Waals surface area contributed by atoms with E-state index in [9.17, 15) is 14.4 Å². The summed E-state index contributed by atoms with van der Waals surface area (Å²) in [7, 11) is 0. The summed E-state index contributed by atoms with van der Waals surface area (Å²) in [6.45, 7) is 6.16. The van der Waals surface area contributed by atoms with Crippen LogP contribution in [0.1, 0.15) is 32.7 Å². The zero-order chi connectivity index (χ0) is 22.5. The number of nitrogens with one attached hydrogen (secondary N) is 1. The maximum absolute atomic E-state index is 13.4. The molecule has 0 bridgehead atoms. The van der Waals surface area contributed by atoms with Gasteiger partial charge in [-0.1, -0.05) is 5.92 Å². The number of fused-ring (bicyclic) bond motifs is 1. The van der Waals surface area contributed by atoms with Crippen molar-refractivity contribution in [3.63, 3.8) is 0 Å². The van der Waals surface area contributed by atoms with Crippen molar-refractivity contribution in [2.24, 2.45) is 5.92 Å². The van der Waals surface area contributed by atoms with Gasteiger partial charge in [-0.2, -0.15) is 0 Å². The number of nitrogens with zero attached hydrogens (tertiary/aromatic N) is 3. The molecule has 5 rings (SSSR count). The lowest BCUT2D eigenvalue weighted by atomic mass is 10.1. The first-order chi connectivity index (χ1) is 15.4. The van der Waals surface area contributed by atoms with Crippen LogP contribution in [0.15, 0.2) is 32.7 Å². The number of carbonyl (C=O) groups is 1. The summed E-state index contributed by atoms with van der Waals surface area (Å²) in [5.74, 6) is 5.09. The summed E-state index contributed by atoms with van der Waals surface area (Å²) in [5.41, 5.74) is 0.183. The van der Waals surface area contributed by atoms with Crippen LogP contribution in [-0.2, 0) is 16.1 Å². The summed E-state index contributed by atoms with van der Waals surface area (Å²) in [4.78, 5) is 41.3. The molecule has 32 heavy (non-hydrogen) atoms. The smallest absolute Gasteiger partial charge is 0.331 e. The third-order valence-corrected chi connectivity index (χ3v) is 7.54. The predicted octanol–water partition coefficient (Wildman–Crippen LogP) is 1.37. The lowest BCUT2D eigenvalue weighted by Crippen LogP contribution is -2.57. The molecule has 2 aromatic rings. The molecule has 2 aliphatic heterocycles. The van der Waals surface area contributed by atoms with Gasteiger partial charge in [0.15, 0.2) is 0 Å². The molecule has 0 spiro atoms. The molecule has 0 unspecified atom stereocenters. The monoisotopic (exact) mass is 454 g/mol. The van der Waals surface area contributed by atoms with Crippen molar-refractivity contribution in [3.8, 4) is 11.8 Å². The van der Waals surface area contributed by atoms with Crippen molar-refractivity contribution in [3.05, 3.63) is 39.0 Å². The Kier molecular flexibility index (Phi) is 5.40. The SMILES string of the molecule is CC#CC(=O)N1CC(n2c(=O)c3cc(SNC4(C)CC4)ccc3n(CC3COC3)c2=O)C1. The van der Waals surface area contributed by atoms with Gasteiger partial charge in [-0.05, 0) is 62.8 Å². The second kappa shape index (κ2) is 8.10. The second-order valence-corrected chi connectivity index (χ2v) is 10.0. The van der Waals surface area contributed by atoms with E-state index in [0.717, 1.165) is 17.7 Å². The van der Waals surface area contributed by atoms with Crippen LogP contribution >= 0.6 is 11.9 Å². The highest BCUT2D eigenvalue weighted by Gasteiger charge is 2.37. The Bertz CT molecular complexity index is 1260. The lowest BCUT2D eigenvalue weighted by Gasteiger charge is -2.38. The Morgan fingerprint density at radius 3 is 2.66 bits per heavy atom. The lowest BCUT2D eigenvalue weighted by molar-refractivity contribution is -0.130. The fourth-order valence-corrected chi connectivity index (χ4v) is 4.90. The first-order valence-corrected chi connectivity index (χ1v) is 11.7. The molecule has 0 atom stereocenters. The number of ether oxygens (including phenoxy) is 1. The minimum absolute atomic E-state index is 0.159. The van der Waals surface area contributed by atoms with Crippen LogP contribution in [-0.4, -0.2) is 51.8 Å². The van der Waals surface area contributed by atoms with Crippen molar-refractivity contribution in [1.82, 2.24) is 18.8 Å². The normalized spacial score (nSPS) is 19.8. The molecule has 1 amide bonds. The molecule has 2 saturated heterocycles. The molecule has 3 fully saturated rings. The number of aromatic nitrogens is 2. The van der Waals surface area contributed by atoms with Gasteiger partial charge in [-0.15, -0.1) is 0 Å². The van der Waals surface area contributed by atoms with Crippen molar-refractivity contribution < 1.29 is 9.53 Å². The average molecular weight is 455 g/mol. The largest absolute Gasteiger partial charge is 0.381 e. The van der Waals surface area contributed by atoms with E-state index in [1.54, 1.807) is 16.4 Å². The van der Waals surface area contributed by atoms with Crippen LogP contribution in [0.3, 0.4) is 0 Å². The predicted molar refractivity (Wildman–Crippen MR) is 122 cm³/mol. The van der Waals surface area contributed by atoms with Gasteiger partial charge in [0, 0.05) is 36.0 Å². The number of benzene rings is 1. The molecule has 1 aromatic heterocycles. The zero-order valence-corrected chi connectivity index (χ0v) is 19.0. The van der Waals surface area contributed by atoms with E-state index in [1.165, 1.54) is 16.5 Å². The van der Waals surface area contributed by atoms with Gasteiger partial charge in [0.2, 0.25) is 0 Å². The molecule has 1 aromatic carbocycles. The quantitative estimate of drug-likeness (QED) is 0.524. The fraction of sp³-hybridized carbons (Fsp3) is 0.522. The Labute approximate surface area is 190 Å². The van der Waals surface area contributed by atoms with Crippen LogP contribution in [0.4, 0.5) is 0 Å². The van der Waals surface area contributed by atoms with Gasteiger partial charge in [-0.3, -0.25) is 23.4 Å². The summed E-state index contributed by atoms with van der Waals surface area (Å²) in [5, 5.41) is 0.524. The summed E-state index contributed by atoms with van der Waals surface area (Å²) in [6, 6.07) is 5.35. The highest BCUT2D eigenvalue weighted by atomic mass is 32.2. The Morgan fingerprint density at radius 1 is 1.28 bits per heavy atom. The maximum Gasteiger partial charge on any atom is 0.331 e. The van der Waals surface area contributed by atoms with E-state index in [-0.39, 0.29) is 34.7 Å². The van der Waals surface area contributed by atoms with Gasteiger partial charge in [0.25, 0.3) is 11.5 Å². The standard InChI is InChI=1S/C23H26N4O4S/c1-3-4-20(28)25-11-16(12-25)27-21(29)18-9-17(32-24-23(2)7-8-23)5-6-19(18)26(22(27)30)10-15-13-31-14-15/h5-6,9,15-16,24H,7-8,10-14H2,1-2H3. The third-order valence-electron chi connectivity index (χ3n) is 6.45. The van der Waals surface area contributed by atoms with E-state index >= 15 is 0 Å². The van der Waals surface area contributed by atoms with E-state index in [2.05, 4.69) is 23.5 Å². The molecule has 168 valence electrons. The van der Waals surface area contributed by atoms with Crippen LogP contribution in [0, 0.1) is 17.8 Å². The number of hydrogen-bond donors (Lipinski definition) is 1. The Hall–Kier alpha value is -2.54. The topological polar surface area (TPSA) is 85.6 Å². The van der Waals surface area contributed by atoms with Crippen molar-refractivity contribution in [1.29, 1.82) is 0 Å². The van der Waals surface area contributed by atoms with Crippen LogP contribution in [0.5, 0.6) is 0 Å². The molecule has 3 heterocycles. The molecule has 1 aliphatic carbocycles. The van der Waals surface area contributed by atoms with Crippen LogP contribution in [0.2, 0.25) is 0 Å². The second-order valence-electron chi connectivity index (χ2n) is 9.15. The average Bonchev–Trinajstić information content (AvgIpc) is 3.44. The van der Waals surface area contributed by atoms with Crippen molar-refractivity contribution >= 4 is 28.8 Å². The molecular weight excluding hydrogens is 428 g/mol. The van der Waals surface area contributed by atoms with Gasteiger partial charge < -0.3 is 9.64 Å². The van der Waals surface area contributed by atoms with Gasteiger partial charge in [0.1, 0.15) is 0 Å². The molecule has 3 aliphatic rings. The molecule has 8 nitrogen and oxygen atoms in total. The Balaban J connectivity index is 1.52. The van der Waals surface area contributed by atoms with Crippen molar-refractivity contribution in [2.45, 2.75) is 49.7 Å².